The second kappa shape index (κ2) is 5.92. The van der Waals surface area contributed by atoms with Crippen molar-refractivity contribution in [2.45, 2.75) is 24.5 Å². The molecule has 1 fully saturated rings. The minimum atomic E-state index is 0.765. The Balaban J connectivity index is 2.12. The lowest BCUT2D eigenvalue weighted by atomic mass is 10.2. The van der Waals surface area contributed by atoms with Crippen molar-refractivity contribution in [2.75, 3.05) is 24.2 Å². The van der Waals surface area contributed by atoms with E-state index in [1.54, 1.807) is 0 Å². The lowest BCUT2D eigenvalue weighted by Gasteiger charge is -2.25. The normalized spacial score (nSPS) is 21.9. The van der Waals surface area contributed by atoms with Crippen molar-refractivity contribution >= 4 is 33.4 Å². The van der Waals surface area contributed by atoms with Crippen LogP contribution in [0.25, 0.3) is 0 Å². The number of nitrogens with zero attached hydrogens (tertiary/aromatic N) is 2. The van der Waals surface area contributed by atoms with Gasteiger partial charge in [0.1, 0.15) is 0 Å². The van der Waals surface area contributed by atoms with Crippen LogP contribution in [0.3, 0.4) is 0 Å². The average molecular weight is 301 g/mol. The maximum Gasteiger partial charge on any atom is 0.0564 e. The van der Waals surface area contributed by atoms with E-state index < -0.39 is 0 Å². The van der Waals surface area contributed by atoms with E-state index in [2.05, 4.69) is 38.1 Å². The lowest BCUT2D eigenvalue weighted by molar-refractivity contribution is 0.736. The SMILES string of the molecule is CSC1CCCCN(c2cncc(Br)c2)C1. The van der Waals surface area contributed by atoms with Crippen LogP contribution < -0.4 is 4.90 Å². The van der Waals surface area contributed by atoms with Crippen LogP contribution in [0.15, 0.2) is 22.9 Å². The standard InChI is InChI=1S/C12H17BrN2S/c1-16-12-4-2-3-5-15(9-12)11-6-10(13)7-14-8-11/h6-8,12H,2-5,9H2,1H3. The van der Waals surface area contributed by atoms with Crippen LogP contribution in [0.1, 0.15) is 19.3 Å². The third kappa shape index (κ3) is 3.14. The number of hydrogen-bond donors (Lipinski definition) is 0. The van der Waals surface area contributed by atoms with Crippen molar-refractivity contribution in [1.29, 1.82) is 0 Å². The van der Waals surface area contributed by atoms with Gasteiger partial charge in [-0.1, -0.05) is 6.42 Å². The predicted molar refractivity (Wildman–Crippen MR) is 75.3 cm³/mol. The second-order valence-corrected chi connectivity index (χ2v) is 6.21. The highest BCUT2D eigenvalue weighted by Crippen LogP contribution is 2.25. The highest BCUT2D eigenvalue weighted by atomic mass is 79.9. The Morgan fingerprint density at radius 2 is 2.31 bits per heavy atom. The first kappa shape index (κ1) is 12.2. The van der Waals surface area contributed by atoms with Gasteiger partial charge < -0.3 is 4.90 Å². The highest BCUT2D eigenvalue weighted by molar-refractivity contribution is 9.10. The first-order chi connectivity index (χ1) is 7.79. The minimum absolute atomic E-state index is 0.765. The summed E-state index contributed by atoms with van der Waals surface area (Å²) in [5.41, 5.74) is 1.25. The van der Waals surface area contributed by atoms with Gasteiger partial charge in [-0.2, -0.15) is 11.8 Å². The molecular formula is C12H17BrN2S. The first-order valence-electron chi connectivity index (χ1n) is 5.68. The Morgan fingerprint density at radius 1 is 1.44 bits per heavy atom. The van der Waals surface area contributed by atoms with Crippen LogP contribution in [0.5, 0.6) is 0 Å². The summed E-state index contributed by atoms with van der Waals surface area (Å²) in [5.74, 6) is 0. The zero-order chi connectivity index (χ0) is 11.4. The molecule has 1 aliphatic heterocycles. The molecule has 16 heavy (non-hydrogen) atoms. The smallest absolute Gasteiger partial charge is 0.0564 e. The van der Waals surface area contributed by atoms with Gasteiger partial charge in [-0.25, -0.2) is 0 Å². The van der Waals surface area contributed by atoms with Crippen LogP contribution in [-0.2, 0) is 0 Å². The van der Waals surface area contributed by atoms with E-state index in [0.717, 1.165) is 22.8 Å². The maximum atomic E-state index is 4.25. The number of hydrogen-bond acceptors (Lipinski definition) is 3. The van der Waals surface area contributed by atoms with Crippen LogP contribution in [0.2, 0.25) is 0 Å². The van der Waals surface area contributed by atoms with Crippen molar-refractivity contribution in [1.82, 2.24) is 4.98 Å². The van der Waals surface area contributed by atoms with Crippen molar-refractivity contribution in [3.05, 3.63) is 22.9 Å². The van der Waals surface area contributed by atoms with E-state index in [1.807, 2.05) is 24.2 Å². The number of anilines is 1. The molecule has 0 bridgehead atoms. The van der Waals surface area contributed by atoms with Gasteiger partial charge in [-0.15, -0.1) is 0 Å². The molecule has 2 heterocycles. The van der Waals surface area contributed by atoms with Crippen LogP contribution in [0, 0.1) is 0 Å². The molecule has 0 amide bonds. The van der Waals surface area contributed by atoms with E-state index in [4.69, 9.17) is 0 Å². The summed E-state index contributed by atoms with van der Waals surface area (Å²) in [6.45, 7) is 2.31. The van der Waals surface area contributed by atoms with E-state index in [9.17, 15) is 0 Å². The summed E-state index contributed by atoms with van der Waals surface area (Å²) >= 11 is 5.47. The molecule has 4 heteroatoms. The van der Waals surface area contributed by atoms with Gasteiger partial charge in [0.15, 0.2) is 0 Å². The average Bonchev–Trinajstić information content (AvgIpc) is 2.54. The number of rotatable bonds is 2. The van der Waals surface area contributed by atoms with Gasteiger partial charge in [-0.05, 0) is 41.1 Å². The Morgan fingerprint density at radius 3 is 3.06 bits per heavy atom. The minimum Gasteiger partial charge on any atom is -0.369 e. The molecule has 2 nitrogen and oxygen atoms in total. The van der Waals surface area contributed by atoms with Gasteiger partial charge in [0.2, 0.25) is 0 Å². The molecule has 0 radical (unpaired) electrons. The topological polar surface area (TPSA) is 16.1 Å². The molecule has 0 N–H and O–H groups in total. The van der Waals surface area contributed by atoms with E-state index >= 15 is 0 Å². The van der Waals surface area contributed by atoms with Gasteiger partial charge in [-0.3, -0.25) is 4.98 Å². The predicted octanol–water partition coefficient (Wildman–Crippen LogP) is 3.57. The quantitative estimate of drug-likeness (QED) is 0.831. The summed E-state index contributed by atoms with van der Waals surface area (Å²) < 4.78 is 1.06. The van der Waals surface area contributed by atoms with Crippen molar-refractivity contribution in [3.63, 3.8) is 0 Å². The van der Waals surface area contributed by atoms with Crippen molar-refractivity contribution in [2.24, 2.45) is 0 Å². The molecule has 0 spiro atoms. The van der Waals surface area contributed by atoms with E-state index in [-0.39, 0.29) is 0 Å². The fourth-order valence-corrected chi connectivity index (χ4v) is 3.19. The molecule has 1 aromatic rings. The van der Waals surface area contributed by atoms with E-state index in [0.29, 0.717) is 0 Å². The van der Waals surface area contributed by atoms with Gasteiger partial charge >= 0.3 is 0 Å². The van der Waals surface area contributed by atoms with Gasteiger partial charge in [0.25, 0.3) is 0 Å². The number of halogens is 1. The monoisotopic (exact) mass is 300 g/mol. The number of pyridine rings is 1. The van der Waals surface area contributed by atoms with Crippen LogP contribution >= 0.6 is 27.7 Å². The van der Waals surface area contributed by atoms with Crippen molar-refractivity contribution in [3.8, 4) is 0 Å². The molecule has 0 aliphatic carbocycles. The number of aromatic nitrogens is 1. The third-order valence-corrected chi connectivity index (χ3v) is 4.50. The largest absolute Gasteiger partial charge is 0.369 e. The third-order valence-electron chi connectivity index (χ3n) is 3.02. The first-order valence-corrected chi connectivity index (χ1v) is 7.76. The molecule has 1 aliphatic rings. The Kier molecular flexibility index (Phi) is 4.53. The molecular weight excluding hydrogens is 284 g/mol. The molecule has 88 valence electrons. The summed E-state index contributed by atoms with van der Waals surface area (Å²) in [7, 11) is 0. The highest BCUT2D eigenvalue weighted by Gasteiger charge is 2.17. The Hall–Kier alpha value is -0.220. The molecule has 1 aromatic heterocycles. The fourth-order valence-electron chi connectivity index (χ4n) is 2.10. The molecule has 0 aromatic carbocycles. The summed E-state index contributed by atoms with van der Waals surface area (Å²) in [5, 5.41) is 0.765. The molecule has 0 saturated carbocycles. The number of thioether (sulfide) groups is 1. The fraction of sp³-hybridized carbons (Fsp3) is 0.583. The van der Waals surface area contributed by atoms with Crippen LogP contribution in [-0.4, -0.2) is 29.6 Å². The summed E-state index contributed by atoms with van der Waals surface area (Å²) in [4.78, 5) is 6.71. The zero-order valence-corrected chi connectivity index (χ0v) is 11.9. The van der Waals surface area contributed by atoms with Gasteiger partial charge in [0.05, 0.1) is 11.9 Å². The molecule has 1 unspecified atom stereocenters. The van der Waals surface area contributed by atoms with Gasteiger partial charge in [0, 0.05) is 29.0 Å². The summed E-state index contributed by atoms with van der Waals surface area (Å²) in [6.07, 6.45) is 10.0. The second-order valence-electron chi connectivity index (χ2n) is 4.16. The summed E-state index contributed by atoms with van der Waals surface area (Å²) in [6, 6.07) is 2.16. The van der Waals surface area contributed by atoms with E-state index in [1.165, 1.54) is 24.9 Å². The molecule has 2 rings (SSSR count). The van der Waals surface area contributed by atoms with Crippen LogP contribution in [0.4, 0.5) is 5.69 Å². The molecule has 1 saturated heterocycles. The van der Waals surface area contributed by atoms with Crippen molar-refractivity contribution < 1.29 is 0 Å². The maximum absolute atomic E-state index is 4.25. The molecule has 1 atom stereocenters. The Bertz CT molecular complexity index is 346. The Labute approximate surface area is 110 Å². The zero-order valence-electron chi connectivity index (χ0n) is 9.53. The lowest BCUT2D eigenvalue weighted by Crippen LogP contribution is -2.29.